The fourth-order valence-corrected chi connectivity index (χ4v) is 3.02. The number of anilines is 1. The third-order valence-electron chi connectivity index (χ3n) is 4.41. The van der Waals surface area contributed by atoms with Gasteiger partial charge in [-0.25, -0.2) is 0 Å². The number of nitrogens with two attached hydrogens (primary N) is 1. The third-order valence-corrected chi connectivity index (χ3v) is 4.65. The number of rotatable bonds is 4. The van der Waals surface area contributed by atoms with Gasteiger partial charge in [0.15, 0.2) is 0 Å². The van der Waals surface area contributed by atoms with Crippen LogP contribution in [-0.2, 0) is 0 Å². The van der Waals surface area contributed by atoms with E-state index in [2.05, 4.69) is 18.3 Å². The summed E-state index contributed by atoms with van der Waals surface area (Å²) in [5.74, 6) is 0.227. The smallest absolute Gasteiger partial charge is 0.255 e. The Morgan fingerprint density at radius 1 is 1.32 bits per heavy atom. The summed E-state index contributed by atoms with van der Waals surface area (Å²) in [6, 6.07) is 14.8. The summed E-state index contributed by atoms with van der Waals surface area (Å²) in [7, 11) is 0. The lowest BCUT2D eigenvalue weighted by molar-refractivity contribution is 0.102. The first-order chi connectivity index (χ1) is 10.5. The number of nitrogens with one attached hydrogen (secondary N) is 1. The molecular formula is C18H19ClN2O. The maximum atomic E-state index is 12.3. The molecule has 0 unspecified atom stereocenters. The second-order valence-electron chi connectivity index (χ2n) is 5.93. The number of halogens is 1. The van der Waals surface area contributed by atoms with Gasteiger partial charge in [-0.1, -0.05) is 36.7 Å². The molecule has 4 heteroatoms. The summed E-state index contributed by atoms with van der Waals surface area (Å²) < 4.78 is 0. The molecule has 1 saturated carbocycles. The fourth-order valence-electron chi connectivity index (χ4n) is 2.83. The van der Waals surface area contributed by atoms with Crippen molar-refractivity contribution in [1.82, 2.24) is 0 Å². The van der Waals surface area contributed by atoms with E-state index in [1.54, 1.807) is 24.3 Å². The SMILES string of the molecule is CC[C@@]1(N)C[C@H]1c1cccc(NC(=O)c2cccc(Cl)c2)c1. The van der Waals surface area contributed by atoms with Crippen molar-refractivity contribution >= 4 is 23.2 Å². The van der Waals surface area contributed by atoms with E-state index in [0.29, 0.717) is 16.5 Å². The van der Waals surface area contributed by atoms with Gasteiger partial charge in [0.2, 0.25) is 0 Å². The van der Waals surface area contributed by atoms with Crippen LogP contribution in [0, 0.1) is 0 Å². The molecule has 0 spiro atoms. The van der Waals surface area contributed by atoms with E-state index in [0.717, 1.165) is 18.5 Å². The molecule has 0 aromatic heterocycles. The number of carbonyl (C=O) groups excluding carboxylic acids is 1. The Bertz CT molecular complexity index is 716. The largest absolute Gasteiger partial charge is 0.325 e. The Morgan fingerprint density at radius 3 is 2.77 bits per heavy atom. The monoisotopic (exact) mass is 314 g/mol. The molecule has 0 radical (unpaired) electrons. The predicted molar refractivity (Wildman–Crippen MR) is 90.4 cm³/mol. The van der Waals surface area contributed by atoms with Crippen LogP contribution in [-0.4, -0.2) is 11.4 Å². The minimum absolute atomic E-state index is 0.0738. The van der Waals surface area contributed by atoms with Gasteiger partial charge < -0.3 is 11.1 Å². The zero-order chi connectivity index (χ0) is 15.7. The quantitative estimate of drug-likeness (QED) is 0.889. The molecule has 114 valence electrons. The third kappa shape index (κ3) is 3.01. The minimum Gasteiger partial charge on any atom is -0.325 e. The van der Waals surface area contributed by atoms with Crippen molar-refractivity contribution in [1.29, 1.82) is 0 Å². The van der Waals surface area contributed by atoms with Crippen molar-refractivity contribution in [3.8, 4) is 0 Å². The van der Waals surface area contributed by atoms with Crippen molar-refractivity contribution in [2.75, 3.05) is 5.32 Å². The summed E-state index contributed by atoms with van der Waals surface area (Å²) in [6.45, 7) is 2.12. The predicted octanol–water partition coefficient (Wildman–Crippen LogP) is 4.19. The van der Waals surface area contributed by atoms with Crippen LogP contribution in [0.1, 0.15) is 41.6 Å². The summed E-state index contributed by atoms with van der Waals surface area (Å²) in [4.78, 5) is 12.3. The van der Waals surface area contributed by atoms with Gasteiger partial charge >= 0.3 is 0 Å². The molecule has 1 amide bonds. The number of carbonyl (C=O) groups is 1. The summed E-state index contributed by atoms with van der Waals surface area (Å²) in [6.07, 6.45) is 1.98. The van der Waals surface area contributed by atoms with Gasteiger partial charge in [-0.3, -0.25) is 4.79 Å². The number of hydrogen-bond donors (Lipinski definition) is 2. The molecule has 2 atom stereocenters. The molecule has 3 nitrogen and oxygen atoms in total. The Hall–Kier alpha value is -1.84. The Morgan fingerprint density at radius 2 is 2.09 bits per heavy atom. The lowest BCUT2D eigenvalue weighted by Crippen LogP contribution is -2.22. The second-order valence-corrected chi connectivity index (χ2v) is 6.37. The highest BCUT2D eigenvalue weighted by molar-refractivity contribution is 6.31. The molecule has 3 rings (SSSR count). The average Bonchev–Trinajstić information content (AvgIpc) is 3.20. The van der Waals surface area contributed by atoms with E-state index in [-0.39, 0.29) is 11.4 Å². The van der Waals surface area contributed by atoms with Crippen LogP contribution in [0.15, 0.2) is 48.5 Å². The zero-order valence-electron chi connectivity index (χ0n) is 12.5. The standard InChI is InChI=1S/C18H19ClN2O/c1-2-18(20)11-16(18)12-5-4-8-15(10-12)21-17(22)13-6-3-7-14(19)9-13/h3-10,16H,2,11,20H2,1H3,(H,21,22)/t16-,18+/m0/s1. The second kappa shape index (κ2) is 5.75. The zero-order valence-corrected chi connectivity index (χ0v) is 13.2. The molecule has 1 fully saturated rings. The van der Waals surface area contributed by atoms with Gasteiger partial charge in [-0.15, -0.1) is 0 Å². The highest BCUT2D eigenvalue weighted by Crippen LogP contribution is 2.51. The first-order valence-electron chi connectivity index (χ1n) is 7.47. The highest BCUT2D eigenvalue weighted by atomic mass is 35.5. The molecule has 2 aromatic rings. The Balaban J connectivity index is 1.75. The molecule has 0 saturated heterocycles. The van der Waals surface area contributed by atoms with Gasteiger partial charge in [-0.2, -0.15) is 0 Å². The highest BCUT2D eigenvalue weighted by Gasteiger charge is 2.49. The van der Waals surface area contributed by atoms with E-state index in [1.165, 1.54) is 5.56 Å². The maximum Gasteiger partial charge on any atom is 0.255 e. The van der Waals surface area contributed by atoms with Crippen molar-refractivity contribution in [2.24, 2.45) is 5.73 Å². The van der Waals surface area contributed by atoms with Crippen LogP contribution in [0.3, 0.4) is 0 Å². The maximum absolute atomic E-state index is 12.3. The molecule has 3 N–H and O–H groups in total. The number of amides is 1. The number of benzene rings is 2. The van der Waals surface area contributed by atoms with Crippen LogP contribution in [0.5, 0.6) is 0 Å². The van der Waals surface area contributed by atoms with E-state index in [9.17, 15) is 4.79 Å². The summed E-state index contributed by atoms with van der Waals surface area (Å²) in [5, 5.41) is 3.47. The van der Waals surface area contributed by atoms with E-state index in [1.807, 2.05) is 18.2 Å². The minimum atomic E-state index is -0.162. The van der Waals surface area contributed by atoms with Crippen LogP contribution in [0.4, 0.5) is 5.69 Å². The van der Waals surface area contributed by atoms with E-state index >= 15 is 0 Å². The summed E-state index contributed by atoms with van der Waals surface area (Å²) in [5.41, 5.74) is 8.73. The summed E-state index contributed by atoms with van der Waals surface area (Å²) >= 11 is 5.92. The van der Waals surface area contributed by atoms with Gasteiger partial charge in [0.25, 0.3) is 5.91 Å². The normalized spacial score (nSPS) is 23.1. The molecule has 1 aliphatic carbocycles. The molecule has 2 aromatic carbocycles. The number of hydrogen-bond acceptors (Lipinski definition) is 2. The molecule has 0 heterocycles. The van der Waals surface area contributed by atoms with Crippen molar-refractivity contribution in [3.05, 3.63) is 64.7 Å². The molecule has 0 aliphatic heterocycles. The molecule has 0 bridgehead atoms. The van der Waals surface area contributed by atoms with Crippen LogP contribution >= 0.6 is 11.6 Å². The van der Waals surface area contributed by atoms with Gasteiger partial charge in [0.1, 0.15) is 0 Å². The first-order valence-corrected chi connectivity index (χ1v) is 7.85. The Labute approximate surface area is 135 Å². The van der Waals surface area contributed by atoms with Crippen LogP contribution < -0.4 is 11.1 Å². The Kier molecular flexibility index (Phi) is 3.94. The fraction of sp³-hybridized carbons (Fsp3) is 0.278. The lowest BCUT2D eigenvalue weighted by atomic mass is 10.0. The average molecular weight is 315 g/mol. The van der Waals surface area contributed by atoms with E-state index in [4.69, 9.17) is 17.3 Å². The molecule has 22 heavy (non-hydrogen) atoms. The molecular weight excluding hydrogens is 296 g/mol. The first kappa shape index (κ1) is 15.1. The van der Waals surface area contributed by atoms with E-state index < -0.39 is 0 Å². The van der Waals surface area contributed by atoms with Gasteiger partial charge in [-0.05, 0) is 48.7 Å². The van der Waals surface area contributed by atoms with Crippen molar-refractivity contribution in [2.45, 2.75) is 31.2 Å². The van der Waals surface area contributed by atoms with Crippen LogP contribution in [0.25, 0.3) is 0 Å². The van der Waals surface area contributed by atoms with Gasteiger partial charge in [0, 0.05) is 27.7 Å². The van der Waals surface area contributed by atoms with Crippen molar-refractivity contribution in [3.63, 3.8) is 0 Å². The van der Waals surface area contributed by atoms with Crippen LogP contribution in [0.2, 0.25) is 5.02 Å². The topological polar surface area (TPSA) is 55.1 Å². The lowest BCUT2D eigenvalue weighted by Gasteiger charge is -2.10. The molecule has 1 aliphatic rings. The van der Waals surface area contributed by atoms with Crippen molar-refractivity contribution < 1.29 is 4.79 Å². The van der Waals surface area contributed by atoms with Gasteiger partial charge in [0.05, 0.1) is 0 Å².